The zero-order chi connectivity index (χ0) is 10.6. The zero-order valence-electron chi connectivity index (χ0n) is 8.32. The summed E-state index contributed by atoms with van der Waals surface area (Å²) in [7, 11) is 1.55. The maximum absolute atomic E-state index is 12.0. The minimum Gasteiger partial charge on any atom is -0.497 e. The predicted octanol–water partition coefficient (Wildman–Crippen LogP) is 2.77. The molecule has 0 fully saturated rings. The summed E-state index contributed by atoms with van der Waals surface area (Å²) in [5.74, 6) is 0.693. The second-order valence-electron chi connectivity index (χ2n) is 3.01. The highest BCUT2D eigenvalue weighted by molar-refractivity contribution is 5.85. The Balaban J connectivity index is 0.00000196. The van der Waals surface area contributed by atoms with Crippen LogP contribution in [0.4, 0.5) is 8.78 Å². The summed E-state index contributed by atoms with van der Waals surface area (Å²) in [6.45, 7) is 0. The van der Waals surface area contributed by atoms with Crippen molar-refractivity contribution >= 4 is 12.4 Å². The molecule has 0 spiro atoms. The monoisotopic (exact) mass is 237 g/mol. The van der Waals surface area contributed by atoms with Gasteiger partial charge in [0.25, 0.3) is 0 Å². The maximum atomic E-state index is 12.0. The van der Waals surface area contributed by atoms with Gasteiger partial charge < -0.3 is 10.5 Å². The van der Waals surface area contributed by atoms with Crippen LogP contribution in [0.3, 0.4) is 0 Å². The summed E-state index contributed by atoms with van der Waals surface area (Å²) in [5, 5.41) is 0. The smallest absolute Gasteiger partial charge is 0.240 e. The van der Waals surface area contributed by atoms with Crippen molar-refractivity contribution in [2.24, 2.45) is 5.73 Å². The molecule has 1 rings (SSSR count). The molecule has 0 amide bonds. The topological polar surface area (TPSA) is 35.2 Å². The van der Waals surface area contributed by atoms with Crippen LogP contribution >= 0.6 is 12.4 Å². The van der Waals surface area contributed by atoms with Crippen LogP contribution in [0.15, 0.2) is 24.3 Å². The van der Waals surface area contributed by atoms with Gasteiger partial charge in [0.1, 0.15) is 5.75 Å². The number of ether oxygens (including phenoxy) is 1. The highest BCUT2D eigenvalue weighted by atomic mass is 35.5. The van der Waals surface area contributed by atoms with E-state index in [1.807, 2.05) is 0 Å². The van der Waals surface area contributed by atoms with Crippen LogP contribution in [0.25, 0.3) is 0 Å². The van der Waals surface area contributed by atoms with Gasteiger partial charge in [-0.1, -0.05) is 12.1 Å². The molecule has 0 aliphatic heterocycles. The summed E-state index contributed by atoms with van der Waals surface area (Å²) in [6, 6.07) is 6.21. The van der Waals surface area contributed by atoms with E-state index in [2.05, 4.69) is 0 Å². The second-order valence-corrected chi connectivity index (χ2v) is 3.01. The Labute approximate surface area is 93.8 Å². The quantitative estimate of drug-likeness (QED) is 0.874. The van der Waals surface area contributed by atoms with Gasteiger partial charge in [-0.25, -0.2) is 8.78 Å². The van der Waals surface area contributed by atoms with Gasteiger partial charge in [-0.2, -0.15) is 0 Å². The number of hydrogen-bond donors (Lipinski definition) is 1. The summed E-state index contributed by atoms with van der Waals surface area (Å²) < 4.78 is 29.0. The highest BCUT2D eigenvalue weighted by Gasteiger charge is 2.12. The van der Waals surface area contributed by atoms with Gasteiger partial charge >= 0.3 is 0 Å². The average molecular weight is 238 g/mol. The lowest BCUT2D eigenvalue weighted by Crippen LogP contribution is -2.13. The van der Waals surface area contributed by atoms with Crippen molar-refractivity contribution < 1.29 is 13.5 Å². The molecule has 0 heterocycles. The second kappa shape index (κ2) is 6.58. The Morgan fingerprint density at radius 3 is 2.20 bits per heavy atom. The zero-order valence-corrected chi connectivity index (χ0v) is 9.14. The van der Waals surface area contributed by atoms with Gasteiger partial charge in [0.2, 0.25) is 6.43 Å². The molecule has 0 bridgehead atoms. The van der Waals surface area contributed by atoms with Crippen molar-refractivity contribution in [3.63, 3.8) is 0 Å². The Bertz CT molecular complexity index is 279. The summed E-state index contributed by atoms with van der Waals surface area (Å²) in [4.78, 5) is 0. The molecule has 0 saturated heterocycles. The molecule has 0 radical (unpaired) electrons. The largest absolute Gasteiger partial charge is 0.497 e. The standard InChI is InChI=1S/C10H13F2NO.ClH/c1-14-8-4-2-7(3-5-8)9(13)6-10(11)12;/h2-5,9-10H,6,13H2,1H3;1H/t9-;/m0./s1. The molecule has 86 valence electrons. The number of hydrogen-bond acceptors (Lipinski definition) is 2. The first-order valence-electron chi connectivity index (χ1n) is 4.31. The van der Waals surface area contributed by atoms with E-state index in [1.165, 1.54) is 0 Å². The van der Waals surface area contributed by atoms with Crippen molar-refractivity contribution in [3.05, 3.63) is 29.8 Å². The Hall–Kier alpha value is -0.870. The van der Waals surface area contributed by atoms with Crippen LogP contribution in [-0.2, 0) is 0 Å². The van der Waals surface area contributed by atoms with E-state index in [9.17, 15) is 8.78 Å². The fourth-order valence-electron chi connectivity index (χ4n) is 1.18. The molecular weight excluding hydrogens is 224 g/mol. The first kappa shape index (κ1) is 14.1. The lowest BCUT2D eigenvalue weighted by atomic mass is 10.1. The molecule has 0 aromatic heterocycles. The summed E-state index contributed by atoms with van der Waals surface area (Å²) >= 11 is 0. The Morgan fingerprint density at radius 2 is 1.80 bits per heavy atom. The first-order chi connectivity index (χ1) is 6.63. The third kappa shape index (κ3) is 4.44. The molecule has 0 unspecified atom stereocenters. The molecule has 1 atom stereocenters. The van der Waals surface area contributed by atoms with Crippen LogP contribution in [0, 0.1) is 0 Å². The van der Waals surface area contributed by atoms with E-state index >= 15 is 0 Å². The number of halogens is 3. The fraction of sp³-hybridized carbons (Fsp3) is 0.400. The minimum atomic E-state index is -2.37. The molecule has 2 nitrogen and oxygen atoms in total. The van der Waals surface area contributed by atoms with Gasteiger partial charge in [0.05, 0.1) is 7.11 Å². The molecule has 2 N–H and O–H groups in total. The molecular formula is C10H14ClF2NO. The van der Waals surface area contributed by atoms with Crippen molar-refractivity contribution in [1.82, 2.24) is 0 Å². The lowest BCUT2D eigenvalue weighted by molar-refractivity contribution is 0.128. The van der Waals surface area contributed by atoms with E-state index in [0.29, 0.717) is 11.3 Å². The maximum Gasteiger partial charge on any atom is 0.240 e. The number of nitrogens with two attached hydrogens (primary N) is 1. The van der Waals surface area contributed by atoms with Gasteiger partial charge in [-0.15, -0.1) is 12.4 Å². The van der Waals surface area contributed by atoms with E-state index < -0.39 is 12.5 Å². The summed E-state index contributed by atoms with van der Waals surface area (Å²) in [5.41, 5.74) is 6.27. The molecule has 0 saturated carbocycles. The van der Waals surface area contributed by atoms with Crippen molar-refractivity contribution in [1.29, 1.82) is 0 Å². The number of methoxy groups -OCH3 is 1. The van der Waals surface area contributed by atoms with E-state index in [4.69, 9.17) is 10.5 Å². The highest BCUT2D eigenvalue weighted by Crippen LogP contribution is 2.20. The van der Waals surface area contributed by atoms with Crippen LogP contribution in [-0.4, -0.2) is 13.5 Å². The molecule has 0 aliphatic rings. The van der Waals surface area contributed by atoms with E-state index in [1.54, 1.807) is 31.4 Å². The number of alkyl halides is 2. The molecule has 1 aromatic carbocycles. The Kier molecular flexibility index (Phi) is 6.20. The predicted molar refractivity (Wildman–Crippen MR) is 57.8 cm³/mol. The van der Waals surface area contributed by atoms with Gasteiger partial charge in [0, 0.05) is 12.5 Å². The van der Waals surface area contributed by atoms with Gasteiger partial charge in [-0.05, 0) is 17.7 Å². The third-order valence-electron chi connectivity index (χ3n) is 1.98. The minimum absolute atomic E-state index is 0. The van der Waals surface area contributed by atoms with Crippen LogP contribution in [0.2, 0.25) is 0 Å². The summed E-state index contributed by atoms with van der Waals surface area (Å²) in [6.07, 6.45) is -2.68. The Morgan fingerprint density at radius 1 is 1.27 bits per heavy atom. The van der Waals surface area contributed by atoms with Crippen LogP contribution in [0.5, 0.6) is 5.75 Å². The van der Waals surface area contributed by atoms with Crippen molar-refractivity contribution in [2.75, 3.05) is 7.11 Å². The van der Waals surface area contributed by atoms with Gasteiger partial charge in [-0.3, -0.25) is 0 Å². The first-order valence-corrected chi connectivity index (χ1v) is 4.31. The van der Waals surface area contributed by atoms with E-state index in [0.717, 1.165) is 0 Å². The lowest BCUT2D eigenvalue weighted by Gasteiger charge is -2.11. The molecule has 0 aliphatic carbocycles. The molecule has 1 aromatic rings. The molecule has 5 heteroatoms. The fourth-order valence-corrected chi connectivity index (χ4v) is 1.18. The third-order valence-corrected chi connectivity index (χ3v) is 1.98. The number of rotatable bonds is 4. The van der Waals surface area contributed by atoms with Crippen LogP contribution < -0.4 is 10.5 Å². The number of benzene rings is 1. The van der Waals surface area contributed by atoms with Crippen molar-refractivity contribution in [3.8, 4) is 5.75 Å². The average Bonchev–Trinajstić information content (AvgIpc) is 2.17. The normalized spacial score (nSPS) is 12.1. The van der Waals surface area contributed by atoms with E-state index in [-0.39, 0.29) is 18.8 Å². The molecule has 15 heavy (non-hydrogen) atoms. The van der Waals surface area contributed by atoms with Crippen molar-refractivity contribution in [2.45, 2.75) is 18.9 Å². The van der Waals surface area contributed by atoms with Crippen LogP contribution in [0.1, 0.15) is 18.0 Å². The SMILES string of the molecule is COc1ccc([C@@H](N)CC(F)F)cc1.Cl. The van der Waals surface area contributed by atoms with Gasteiger partial charge in [0.15, 0.2) is 0 Å².